The van der Waals surface area contributed by atoms with Gasteiger partial charge in [-0.3, -0.25) is 0 Å². The number of benzene rings is 1. The molecule has 3 N–H and O–H groups in total. The monoisotopic (exact) mass is 234 g/mol. The Morgan fingerprint density at radius 3 is 2.50 bits per heavy atom. The second kappa shape index (κ2) is 4.89. The van der Waals surface area contributed by atoms with Crippen molar-refractivity contribution in [2.45, 2.75) is 12.2 Å². The molecular weight excluding hydrogens is 224 g/mol. The smallest absolute Gasteiger partial charge is 0.117 e. The van der Waals surface area contributed by atoms with E-state index in [0.717, 1.165) is 0 Å². The van der Waals surface area contributed by atoms with Crippen LogP contribution in [-0.2, 0) is 0 Å². The normalized spacial score (nSPS) is 15.1. The minimum atomic E-state index is -1.08. The van der Waals surface area contributed by atoms with Crippen LogP contribution in [0.1, 0.15) is 11.7 Å². The lowest BCUT2D eigenvalue weighted by atomic mass is 10.1. The van der Waals surface area contributed by atoms with E-state index in [2.05, 4.69) is 12.6 Å². The predicted molar refractivity (Wildman–Crippen MR) is 57.9 cm³/mol. The summed E-state index contributed by atoms with van der Waals surface area (Å²) < 4.78 is 0. The van der Waals surface area contributed by atoms with Crippen LogP contribution >= 0.6 is 24.2 Å². The molecule has 0 aliphatic rings. The zero-order valence-electron chi connectivity index (χ0n) is 7.26. The molecule has 0 bridgehead atoms. The van der Waals surface area contributed by atoms with Gasteiger partial charge in [0.25, 0.3) is 0 Å². The number of halogens is 1. The van der Waals surface area contributed by atoms with Crippen LogP contribution in [0.2, 0.25) is 5.02 Å². The molecular formula is C9H11ClO3S. The van der Waals surface area contributed by atoms with Gasteiger partial charge in [-0.25, -0.2) is 0 Å². The average Bonchev–Trinajstić information content (AvgIpc) is 2.15. The summed E-state index contributed by atoms with van der Waals surface area (Å²) in [6.07, 6.45) is -2.05. The van der Waals surface area contributed by atoms with Gasteiger partial charge in [0.1, 0.15) is 11.9 Å². The van der Waals surface area contributed by atoms with E-state index in [9.17, 15) is 10.2 Å². The van der Waals surface area contributed by atoms with Gasteiger partial charge in [-0.2, -0.15) is 12.6 Å². The van der Waals surface area contributed by atoms with E-state index in [-0.39, 0.29) is 16.5 Å². The molecule has 0 amide bonds. The Kier molecular flexibility index (Phi) is 4.07. The summed E-state index contributed by atoms with van der Waals surface area (Å²) >= 11 is 9.63. The molecule has 0 spiro atoms. The Labute approximate surface area is 92.4 Å². The van der Waals surface area contributed by atoms with Crippen LogP contribution in [0.3, 0.4) is 0 Å². The van der Waals surface area contributed by atoms with Crippen molar-refractivity contribution in [3.63, 3.8) is 0 Å². The van der Waals surface area contributed by atoms with Crippen molar-refractivity contribution in [2.24, 2.45) is 0 Å². The summed E-state index contributed by atoms with van der Waals surface area (Å²) in [6, 6.07) is 4.18. The average molecular weight is 235 g/mol. The third kappa shape index (κ3) is 2.54. The van der Waals surface area contributed by atoms with E-state index in [4.69, 9.17) is 16.7 Å². The first kappa shape index (κ1) is 11.7. The van der Waals surface area contributed by atoms with Crippen LogP contribution in [-0.4, -0.2) is 27.2 Å². The fourth-order valence-electron chi connectivity index (χ4n) is 1.06. The van der Waals surface area contributed by atoms with Gasteiger partial charge in [0.15, 0.2) is 0 Å². The van der Waals surface area contributed by atoms with Crippen LogP contribution in [0.5, 0.6) is 5.75 Å². The molecule has 2 atom stereocenters. The summed E-state index contributed by atoms with van der Waals surface area (Å²) in [5.74, 6) is 0.157. The molecule has 2 unspecified atom stereocenters. The highest BCUT2D eigenvalue weighted by Gasteiger charge is 2.19. The number of phenols is 1. The summed E-state index contributed by atoms with van der Waals surface area (Å²) in [7, 11) is 0. The maximum absolute atomic E-state index is 9.60. The molecule has 3 nitrogen and oxygen atoms in total. The number of phenolic OH excluding ortho intramolecular Hbond substituents is 1. The van der Waals surface area contributed by atoms with Crippen molar-refractivity contribution >= 4 is 24.2 Å². The van der Waals surface area contributed by atoms with Gasteiger partial charge in [-0.15, -0.1) is 0 Å². The Morgan fingerprint density at radius 2 is 2.00 bits per heavy atom. The fraction of sp³-hybridized carbons (Fsp3) is 0.333. The lowest BCUT2D eigenvalue weighted by Crippen LogP contribution is -2.19. The highest BCUT2D eigenvalue weighted by atomic mass is 35.5. The molecule has 1 aromatic carbocycles. The Balaban J connectivity index is 2.95. The van der Waals surface area contributed by atoms with Crippen molar-refractivity contribution in [3.05, 3.63) is 28.8 Å². The molecule has 1 aromatic rings. The molecule has 0 saturated heterocycles. The molecule has 0 aromatic heterocycles. The van der Waals surface area contributed by atoms with Gasteiger partial charge in [0, 0.05) is 11.3 Å². The molecule has 1 rings (SSSR count). The maximum Gasteiger partial charge on any atom is 0.117 e. The first-order chi connectivity index (χ1) is 6.56. The molecule has 14 heavy (non-hydrogen) atoms. The van der Waals surface area contributed by atoms with Crippen molar-refractivity contribution in [1.82, 2.24) is 0 Å². The van der Waals surface area contributed by atoms with E-state index in [1.54, 1.807) is 0 Å². The number of aliphatic hydroxyl groups excluding tert-OH is 2. The maximum atomic E-state index is 9.60. The second-order valence-corrected chi connectivity index (χ2v) is 3.67. The molecule has 0 aliphatic heterocycles. The van der Waals surface area contributed by atoms with Gasteiger partial charge in [0.2, 0.25) is 0 Å². The van der Waals surface area contributed by atoms with Gasteiger partial charge >= 0.3 is 0 Å². The quantitative estimate of drug-likeness (QED) is 0.598. The van der Waals surface area contributed by atoms with E-state index < -0.39 is 12.2 Å². The number of aromatic hydroxyl groups is 1. The van der Waals surface area contributed by atoms with E-state index in [1.165, 1.54) is 18.2 Å². The largest absolute Gasteiger partial charge is 0.508 e. The topological polar surface area (TPSA) is 60.7 Å². The molecule has 0 saturated carbocycles. The number of hydrogen-bond donors (Lipinski definition) is 4. The molecule has 5 heteroatoms. The lowest BCUT2D eigenvalue weighted by Gasteiger charge is -2.17. The van der Waals surface area contributed by atoms with Crippen molar-refractivity contribution in [2.75, 3.05) is 5.75 Å². The lowest BCUT2D eigenvalue weighted by molar-refractivity contribution is 0.0338. The predicted octanol–water partition coefficient (Wildman–Crippen LogP) is 1.37. The third-order valence-corrected chi connectivity index (χ3v) is 2.56. The Bertz CT molecular complexity index is 319. The summed E-state index contributed by atoms with van der Waals surface area (Å²) in [5.41, 5.74) is 0.381. The van der Waals surface area contributed by atoms with E-state index in [0.29, 0.717) is 5.56 Å². The number of rotatable bonds is 3. The van der Waals surface area contributed by atoms with Crippen molar-refractivity contribution in [1.29, 1.82) is 0 Å². The molecule has 0 fully saturated rings. The number of hydrogen-bond acceptors (Lipinski definition) is 4. The van der Waals surface area contributed by atoms with E-state index >= 15 is 0 Å². The van der Waals surface area contributed by atoms with Gasteiger partial charge < -0.3 is 15.3 Å². The zero-order chi connectivity index (χ0) is 10.7. The second-order valence-electron chi connectivity index (χ2n) is 2.90. The summed E-state index contributed by atoms with van der Waals surface area (Å²) in [4.78, 5) is 0. The fourth-order valence-corrected chi connectivity index (χ4v) is 1.55. The minimum Gasteiger partial charge on any atom is -0.508 e. The first-order valence-corrected chi connectivity index (χ1v) is 5.02. The van der Waals surface area contributed by atoms with Crippen LogP contribution in [0, 0.1) is 0 Å². The van der Waals surface area contributed by atoms with Gasteiger partial charge in [-0.1, -0.05) is 17.7 Å². The van der Waals surface area contributed by atoms with Crippen molar-refractivity contribution < 1.29 is 15.3 Å². The highest BCUT2D eigenvalue weighted by Crippen LogP contribution is 2.28. The van der Waals surface area contributed by atoms with Gasteiger partial charge in [0.05, 0.1) is 11.1 Å². The van der Waals surface area contributed by atoms with E-state index in [1.807, 2.05) is 0 Å². The third-order valence-electron chi connectivity index (χ3n) is 1.85. The Morgan fingerprint density at radius 1 is 1.36 bits per heavy atom. The summed E-state index contributed by atoms with van der Waals surface area (Å²) in [5, 5.41) is 28.2. The summed E-state index contributed by atoms with van der Waals surface area (Å²) in [6.45, 7) is 0. The number of aliphatic hydroxyl groups is 2. The standard InChI is InChI=1S/C9H11ClO3S/c10-7-3-5(11)1-2-6(7)9(13)8(12)4-14/h1-3,8-9,11-14H,4H2. The SMILES string of the molecule is Oc1ccc(C(O)C(O)CS)c(Cl)c1. The molecule has 0 radical (unpaired) electrons. The molecule has 78 valence electrons. The van der Waals surface area contributed by atoms with Crippen LogP contribution in [0.25, 0.3) is 0 Å². The highest BCUT2D eigenvalue weighted by molar-refractivity contribution is 7.80. The van der Waals surface area contributed by atoms with Crippen LogP contribution in [0.15, 0.2) is 18.2 Å². The van der Waals surface area contributed by atoms with Crippen LogP contribution < -0.4 is 0 Å². The minimum absolute atomic E-state index is 0.0197. The van der Waals surface area contributed by atoms with Gasteiger partial charge in [-0.05, 0) is 12.1 Å². The molecule has 0 heterocycles. The van der Waals surface area contributed by atoms with Crippen LogP contribution in [0.4, 0.5) is 0 Å². The Hall–Kier alpha value is -0.420. The zero-order valence-corrected chi connectivity index (χ0v) is 8.91. The molecule has 0 aliphatic carbocycles. The van der Waals surface area contributed by atoms with Crippen molar-refractivity contribution in [3.8, 4) is 5.75 Å². The number of thiol groups is 1. The first-order valence-electron chi connectivity index (χ1n) is 4.01.